The van der Waals surface area contributed by atoms with E-state index in [2.05, 4.69) is 10.6 Å². The summed E-state index contributed by atoms with van der Waals surface area (Å²) in [6, 6.07) is 9.49. The number of ether oxygens (including phenoxy) is 2. The number of aryl methyl sites for hydroxylation is 1. The van der Waals surface area contributed by atoms with Gasteiger partial charge in [0.05, 0.1) is 19.8 Å². The molecule has 0 fully saturated rings. The quantitative estimate of drug-likeness (QED) is 0.637. The van der Waals surface area contributed by atoms with Crippen molar-refractivity contribution in [3.8, 4) is 5.75 Å². The minimum Gasteiger partial charge on any atom is -0.496 e. The molecule has 23 heavy (non-hydrogen) atoms. The second kappa shape index (κ2) is 7.94. The van der Waals surface area contributed by atoms with Crippen molar-refractivity contribution >= 4 is 39.6 Å². The highest BCUT2D eigenvalue weighted by molar-refractivity contribution is 7.80. The Kier molecular flexibility index (Phi) is 5.95. The summed E-state index contributed by atoms with van der Waals surface area (Å²) in [5, 5.41) is 7.27. The van der Waals surface area contributed by atoms with Crippen LogP contribution in [0.25, 0.3) is 0 Å². The number of carbonyl (C=O) groups is 1. The molecule has 0 aliphatic carbocycles. The summed E-state index contributed by atoms with van der Waals surface area (Å²) in [5.41, 5.74) is 1.48. The Bertz CT molecular complexity index is 713. The Morgan fingerprint density at radius 1 is 1.30 bits per heavy atom. The van der Waals surface area contributed by atoms with Gasteiger partial charge >= 0.3 is 5.97 Å². The van der Waals surface area contributed by atoms with Crippen LogP contribution in [0.2, 0.25) is 0 Å². The minimum absolute atomic E-state index is 0.385. The topological polar surface area (TPSA) is 59.6 Å². The van der Waals surface area contributed by atoms with Gasteiger partial charge in [-0.1, -0.05) is 18.2 Å². The van der Waals surface area contributed by atoms with Gasteiger partial charge in [-0.3, -0.25) is 0 Å². The first-order valence-corrected chi connectivity index (χ1v) is 8.13. The number of thiocarbonyl (C=S) groups is 1. The van der Waals surface area contributed by atoms with Crippen molar-refractivity contribution in [2.24, 2.45) is 0 Å². The zero-order valence-corrected chi connectivity index (χ0v) is 14.8. The number of anilines is 1. The predicted molar refractivity (Wildman–Crippen MR) is 96.4 cm³/mol. The molecule has 7 heteroatoms. The fourth-order valence-corrected chi connectivity index (χ4v) is 3.18. The summed E-state index contributed by atoms with van der Waals surface area (Å²) in [6.45, 7) is 2.45. The number of carbonyl (C=O) groups excluding carboxylic acids is 1. The lowest BCUT2D eigenvalue weighted by atomic mass is 10.2. The van der Waals surface area contributed by atoms with Gasteiger partial charge in [0.15, 0.2) is 5.11 Å². The number of hydrogen-bond donors (Lipinski definition) is 2. The van der Waals surface area contributed by atoms with Crippen LogP contribution in [0.5, 0.6) is 5.75 Å². The second-order valence-corrected chi connectivity index (χ2v) is 6.38. The van der Waals surface area contributed by atoms with E-state index in [0.717, 1.165) is 16.2 Å². The van der Waals surface area contributed by atoms with Crippen LogP contribution >= 0.6 is 23.6 Å². The molecule has 0 aliphatic heterocycles. The van der Waals surface area contributed by atoms with Crippen LogP contribution in [-0.2, 0) is 11.3 Å². The number of thiophene rings is 1. The van der Waals surface area contributed by atoms with Gasteiger partial charge in [0.2, 0.25) is 0 Å². The molecule has 0 atom stereocenters. The van der Waals surface area contributed by atoms with Crippen molar-refractivity contribution in [2.45, 2.75) is 13.5 Å². The Morgan fingerprint density at radius 2 is 2.04 bits per heavy atom. The first-order valence-electron chi connectivity index (χ1n) is 6.90. The molecule has 0 saturated heterocycles. The summed E-state index contributed by atoms with van der Waals surface area (Å²) in [7, 11) is 2.99. The third kappa shape index (κ3) is 4.43. The summed E-state index contributed by atoms with van der Waals surface area (Å²) in [5.74, 6) is 0.411. The summed E-state index contributed by atoms with van der Waals surface area (Å²) >= 11 is 6.75. The van der Waals surface area contributed by atoms with Gasteiger partial charge in [-0.2, -0.15) is 0 Å². The Morgan fingerprint density at radius 3 is 2.74 bits per heavy atom. The largest absolute Gasteiger partial charge is 0.496 e. The van der Waals surface area contributed by atoms with Gasteiger partial charge in [-0.25, -0.2) is 4.79 Å². The SMILES string of the molecule is COC(=O)c1cc(C)sc1NC(=S)NCc1ccccc1OC. The zero-order chi connectivity index (χ0) is 16.8. The van der Waals surface area contributed by atoms with E-state index in [1.54, 1.807) is 13.2 Å². The van der Waals surface area contributed by atoms with Gasteiger partial charge in [0, 0.05) is 17.0 Å². The number of rotatable bonds is 5. The van der Waals surface area contributed by atoms with Crippen molar-refractivity contribution < 1.29 is 14.3 Å². The Balaban J connectivity index is 2.02. The summed E-state index contributed by atoms with van der Waals surface area (Å²) < 4.78 is 10.1. The van der Waals surface area contributed by atoms with Crippen LogP contribution < -0.4 is 15.4 Å². The van der Waals surface area contributed by atoms with E-state index in [1.165, 1.54) is 18.4 Å². The maximum absolute atomic E-state index is 11.8. The van der Waals surface area contributed by atoms with Gasteiger partial charge in [0.1, 0.15) is 10.8 Å². The monoisotopic (exact) mass is 350 g/mol. The second-order valence-electron chi connectivity index (χ2n) is 4.71. The molecule has 1 aromatic carbocycles. The van der Waals surface area contributed by atoms with Crippen LogP contribution in [-0.4, -0.2) is 25.3 Å². The zero-order valence-electron chi connectivity index (χ0n) is 13.1. The van der Waals surface area contributed by atoms with E-state index in [1.807, 2.05) is 31.2 Å². The molecule has 2 aromatic rings. The maximum Gasteiger partial charge on any atom is 0.340 e. The predicted octanol–water partition coefficient (Wildman–Crippen LogP) is 3.34. The van der Waals surface area contributed by atoms with E-state index < -0.39 is 0 Å². The molecule has 0 aliphatic rings. The maximum atomic E-state index is 11.8. The van der Waals surface area contributed by atoms with Crippen LogP contribution in [0.3, 0.4) is 0 Å². The van der Waals surface area contributed by atoms with Crippen molar-refractivity contribution in [3.05, 3.63) is 46.3 Å². The summed E-state index contributed by atoms with van der Waals surface area (Å²) in [6.07, 6.45) is 0. The lowest BCUT2D eigenvalue weighted by Crippen LogP contribution is -2.28. The number of hydrogen-bond acceptors (Lipinski definition) is 5. The van der Waals surface area contributed by atoms with Crippen molar-refractivity contribution in [2.75, 3.05) is 19.5 Å². The van der Waals surface area contributed by atoms with E-state index >= 15 is 0 Å². The number of para-hydroxylation sites is 1. The average molecular weight is 350 g/mol. The van der Waals surface area contributed by atoms with E-state index in [9.17, 15) is 4.79 Å². The lowest BCUT2D eigenvalue weighted by Gasteiger charge is -2.12. The highest BCUT2D eigenvalue weighted by atomic mass is 32.1. The van der Waals surface area contributed by atoms with E-state index in [-0.39, 0.29) is 5.97 Å². The van der Waals surface area contributed by atoms with E-state index in [0.29, 0.717) is 22.2 Å². The van der Waals surface area contributed by atoms with Crippen molar-refractivity contribution in [1.29, 1.82) is 0 Å². The molecule has 5 nitrogen and oxygen atoms in total. The van der Waals surface area contributed by atoms with Crippen molar-refractivity contribution in [3.63, 3.8) is 0 Å². The smallest absolute Gasteiger partial charge is 0.340 e. The van der Waals surface area contributed by atoms with Crippen LogP contribution in [0.4, 0.5) is 5.00 Å². The van der Waals surface area contributed by atoms with Gasteiger partial charge < -0.3 is 20.1 Å². The molecular formula is C16H18N2O3S2. The van der Waals surface area contributed by atoms with Crippen LogP contribution in [0.15, 0.2) is 30.3 Å². The molecule has 0 spiro atoms. The Hall–Kier alpha value is -2.12. The molecule has 1 heterocycles. The highest BCUT2D eigenvalue weighted by Crippen LogP contribution is 2.28. The van der Waals surface area contributed by atoms with Gasteiger partial charge in [0.25, 0.3) is 0 Å². The fourth-order valence-electron chi connectivity index (χ4n) is 2.04. The highest BCUT2D eigenvalue weighted by Gasteiger charge is 2.16. The molecule has 0 unspecified atom stereocenters. The number of esters is 1. The van der Waals surface area contributed by atoms with Crippen LogP contribution in [0, 0.1) is 6.92 Å². The lowest BCUT2D eigenvalue weighted by molar-refractivity contribution is 0.0602. The molecule has 0 radical (unpaired) electrons. The molecule has 0 amide bonds. The molecule has 2 N–H and O–H groups in total. The molecule has 2 rings (SSSR count). The van der Waals surface area contributed by atoms with E-state index in [4.69, 9.17) is 21.7 Å². The average Bonchev–Trinajstić information content (AvgIpc) is 2.92. The molecule has 0 saturated carbocycles. The minimum atomic E-state index is -0.385. The normalized spacial score (nSPS) is 10.0. The molecular weight excluding hydrogens is 332 g/mol. The van der Waals surface area contributed by atoms with Gasteiger partial charge in [-0.15, -0.1) is 11.3 Å². The third-order valence-electron chi connectivity index (χ3n) is 3.12. The number of benzene rings is 1. The van der Waals surface area contributed by atoms with Gasteiger partial charge in [-0.05, 0) is 31.3 Å². The molecule has 122 valence electrons. The standard InChI is InChI=1S/C16H18N2O3S2/c1-10-8-12(15(19)21-3)14(23-10)18-16(22)17-9-11-6-4-5-7-13(11)20-2/h4-8H,9H2,1-3H3,(H2,17,18,22). The number of methoxy groups -OCH3 is 2. The van der Waals surface area contributed by atoms with Crippen LogP contribution in [0.1, 0.15) is 20.8 Å². The molecule has 1 aromatic heterocycles. The fraction of sp³-hybridized carbons (Fsp3) is 0.250. The summed E-state index contributed by atoms with van der Waals surface area (Å²) in [4.78, 5) is 12.8. The number of nitrogens with one attached hydrogen (secondary N) is 2. The third-order valence-corrected chi connectivity index (χ3v) is 4.33. The molecule has 0 bridgehead atoms. The Labute approximate surface area is 144 Å². The first kappa shape index (κ1) is 17.2. The first-order chi connectivity index (χ1) is 11.0. The van der Waals surface area contributed by atoms with Crippen molar-refractivity contribution in [1.82, 2.24) is 5.32 Å².